The molecule has 2 amide bonds. The number of ether oxygens (including phenoxy) is 2. The molecular weight excluding hydrogens is 348 g/mol. The Labute approximate surface area is 150 Å². The molecule has 0 aromatic heterocycles. The molecule has 1 aromatic carbocycles. The van der Waals surface area contributed by atoms with Gasteiger partial charge in [0.25, 0.3) is 11.8 Å². The summed E-state index contributed by atoms with van der Waals surface area (Å²) in [7, 11) is 1.49. The third-order valence-electron chi connectivity index (χ3n) is 3.20. The fourth-order valence-corrected chi connectivity index (χ4v) is 3.64. The Morgan fingerprint density at radius 3 is 2.67 bits per heavy atom. The molecule has 0 bridgehead atoms. The second-order valence-electron chi connectivity index (χ2n) is 5.31. The van der Waals surface area contributed by atoms with E-state index in [1.807, 2.05) is 13.8 Å². The molecule has 1 aliphatic rings. The van der Waals surface area contributed by atoms with E-state index in [4.69, 9.17) is 27.4 Å². The summed E-state index contributed by atoms with van der Waals surface area (Å²) in [5.74, 6) is 0.180. The van der Waals surface area contributed by atoms with Crippen LogP contribution in [0.5, 0.6) is 11.5 Å². The molecule has 0 unspecified atom stereocenters. The van der Waals surface area contributed by atoms with Crippen molar-refractivity contribution in [2.45, 2.75) is 19.9 Å². The highest BCUT2D eigenvalue weighted by Gasteiger charge is 2.33. The summed E-state index contributed by atoms with van der Waals surface area (Å²) in [5, 5.41) is 0. The summed E-state index contributed by atoms with van der Waals surface area (Å²) in [6, 6.07) is 5.16. The third kappa shape index (κ3) is 4.07. The fraction of sp³-hybridized carbons (Fsp3) is 0.312. The lowest BCUT2D eigenvalue weighted by molar-refractivity contribution is -0.123. The molecule has 1 saturated heterocycles. The number of hydrogen-bond acceptors (Lipinski definition) is 6. The van der Waals surface area contributed by atoms with E-state index in [9.17, 15) is 9.59 Å². The largest absolute Gasteiger partial charge is 0.493 e. The maximum atomic E-state index is 12.4. The summed E-state index contributed by atoms with van der Waals surface area (Å²) in [5.41, 5.74) is 5.83. The number of benzene rings is 1. The molecule has 8 heteroatoms. The van der Waals surface area contributed by atoms with Crippen molar-refractivity contribution in [1.82, 2.24) is 4.90 Å². The second kappa shape index (κ2) is 7.67. The molecule has 2 rings (SSSR count). The predicted molar refractivity (Wildman–Crippen MR) is 97.8 cm³/mol. The first-order valence-corrected chi connectivity index (χ1v) is 8.42. The minimum atomic E-state index is -0.571. The lowest BCUT2D eigenvalue weighted by Crippen LogP contribution is -2.34. The average molecular weight is 366 g/mol. The molecule has 0 saturated carbocycles. The van der Waals surface area contributed by atoms with Gasteiger partial charge in [-0.25, -0.2) is 0 Å². The zero-order valence-electron chi connectivity index (χ0n) is 13.6. The first kappa shape index (κ1) is 18.3. The molecule has 0 radical (unpaired) electrons. The third-order valence-corrected chi connectivity index (χ3v) is 4.53. The van der Waals surface area contributed by atoms with Gasteiger partial charge >= 0.3 is 0 Å². The number of methoxy groups -OCH3 is 1. The van der Waals surface area contributed by atoms with Crippen molar-refractivity contribution < 1.29 is 19.1 Å². The minimum Gasteiger partial charge on any atom is -0.493 e. The summed E-state index contributed by atoms with van der Waals surface area (Å²) in [4.78, 5) is 25.4. The number of nitrogens with two attached hydrogens (primary N) is 1. The smallest absolute Gasteiger partial charge is 0.266 e. The van der Waals surface area contributed by atoms with Crippen LogP contribution < -0.4 is 15.2 Å². The van der Waals surface area contributed by atoms with Crippen LogP contribution in [0.25, 0.3) is 6.08 Å². The highest BCUT2D eigenvalue weighted by atomic mass is 32.2. The van der Waals surface area contributed by atoms with Gasteiger partial charge in [-0.1, -0.05) is 30.0 Å². The van der Waals surface area contributed by atoms with E-state index in [1.54, 1.807) is 29.2 Å². The Balaban J connectivity index is 2.25. The zero-order chi connectivity index (χ0) is 17.9. The van der Waals surface area contributed by atoms with Crippen LogP contribution in [0, 0.1) is 0 Å². The van der Waals surface area contributed by atoms with Crippen LogP contribution in [0.15, 0.2) is 23.1 Å². The van der Waals surface area contributed by atoms with Gasteiger partial charge in [0, 0.05) is 6.04 Å². The summed E-state index contributed by atoms with van der Waals surface area (Å²) in [6.45, 7) is 3.60. The Morgan fingerprint density at radius 2 is 2.12 bits per heavy atom. The van der Waals surface area contributed by atoms with Gasteiger partial charge in [-0.15, -0.1) is 0 Å². The van der Waals surface area contributed by atoms with E-state index in [0.717, 1.165) is 5.56 Å². The molecule has 24 heavy (non-hydrogen) atoms. The van der Waals surface area contributed by atoms with Crippen molar-refractivity contribution >= 4 is 46.2 Å². The molecule has 0 aliphatic carbocycles. The van der Waals surface area contributed by atoms with Crippen molar-refractivity contribution in [2.24, 2.45) is 5.73 Å². The van der Waals surface area contributed by atoms with E-state index >= 15 is 0 Å². The molecular formula is C16H18N2O4S2. The van der Waals surface area contributed by atoms with Crippen LogP contribution in [0.3, 0.4) is 0 Å². The molecule has 0 atom stereocenters. The standard InChI is InChI=1S/C16H18N2O4S2/c1-9(2)18-15(20)13(24-16(18)23)7-10-4-5-11(12(6-10)21-3)22-8-14(17)19/h4-7,9H,8H2,1-3H3,(H2,17,19)/b13-7+. The lowest BCUT2D eigenvalue weighted by Gasteiger charge is -2.18. The Bertz CT molecular complexity index is 716. The van der Waals surface area contributed by atoms with E-state index < -0.39 is 5.91 Å². The molecule has 1 fully saturated rings. The van der Waals surface area contributed by atoms with Crippen molar-refractivity contribution in [3.63, 3.8) is 0 Å². The molecule has 2 N–H and O–H groups in total. The first-order chi connectivity index (χ1) is 11.3. The molecule has 0 spiro atoms. The van der Waals surface area contributed by atoms with Gasteiger partial charge in [-0.3, -0.25) is 14.5 Å². The van der Waals surface area contributed by atoms with Crippen molar-refractivity contribution in [1.29, 1.82) is 0 Å². The van der Waals surface area contributed by atoms with Crippen LogP contribution in [0.4, 0.5) is 0 Å². The Hall–Kier alpha value is -2.06. The molecule has 1 aliphatic heterocycles. The van der Waals surface area contributed by atoms with Gasteiger partial charge in [0.1, 0.15) is 4.32 Å². The highest BCUT2D eigenvalue weighted by molar-refractivity contribution is 8.26. The van der Waals surface area contributed by atoms with Gasteiger partial charge in [0.15, 0.2) is 18.1 Å². The van der Waals surface area contributed by atoms with Gasteiger partial charge in [-0.2, -0.15) is 0 Å². The maximum absolute atomic E-state index is 12.4. The number of carbonyl (C=O) groups excluding carboxylic acids is 2. The Morgan fingerprint density at radius 1 is 1.42 bits per heavy atom. The van der Waals surface area contributed by atoms with Crippen LogP contribution in [0.1, 0.15) is 19.4 Å². The quantitative estimate of drug-likeness (QED) is 0.614. The van der Waals surface area contributed by atoms with Crippen molar-refractivity contribution in [3.8, 4) is 11.5 Å². The highest BCUT2D eigenvalue weighted by Crippen LogP contribution is 2.35. The van der Waals surface area contributed by atoms with Gasteiger partial charge in [0.05, 0.1) is 12.0 Å². The number of amides is 2. The van der Waals surface area contributed by atoms with Gasteiger partial charge < -0.3 is 15.2 Å². The monoisotopic (exact) mass is 366 g/mol. The van der Waals surface area contributed by atoms with E-state index in [0.29, 0.717) is 20.7 Å². The minimum absolute atomic E-state index is 0.0162. The second-order valence-corrected chi connectivity index (χ2v) is 6.99. The lowest BCUT2D eigenvalue weighted by atomic mass is 10.2. The maximum Gasteiger partial charge on any atom is 0.266 e. The van der Waals surface area contributed by atoms with Crippen LogP contribution >= 0.6 is 24.0 Å². The fourth-order valence-electron chi connectivity index (χ4n) is 2.12. The molecule has 1 aromatic rings. The molecule has 1 heterocycles. The summed E-state index contributed by atoms with van der Waals surface area (Å²) < 4.78 is 11.1. The SMILES string of the molecule is COc1cc(/C=C2/SC(=S)N(C(C)C)C2=O)ccc1OCC(N)=O. The first-order valence-electron chi connectivity index (χ1n) is 7.19. The number of primary amides is 1. The van der Waals surface area contributed by atoms with E-state index in [1.165, 1.54) is 18.9 Å². The number of thiocarbonyl (C=S) groups is 1. The summed E-state index contributed by atoms with van der Waals surface area (Å²) >= 11 is 6.53. The number of carbonyl (C=O) groups is 2. The molecule has 6 nitrogen and oxygen atoms in total. The number of thioether (sulfide) groups is 1. The number of nitrogens with zero attached hydrogens (tertiary/aromatic N) is 1. The number of hydrogen-bond donors (Lipinski definition) is 1. The van der Waals surface area contributed by atoms with Crippen LogP contribution in [0.2, 0.25) is 0 Å². The van der Waals surface area contributed by atoms with Crippen molar-refractivity contribution in [3.05, 3.63) is 28.7 Å². The van der Waals surface area contributed by atoms with E-state index in [2.05, 4.69) is 0 Å². The van der Waals surface area contributed by atoms with Crippen LogP contribution in [-0.2, 0) is 9.59 Å². The van der Waals surface area contributed by atoms with Crippen LogP contribution in [-0.4, -0.2) is 40.8 Å². The summed E-state index contributed by atoms with van der Waals surface area (Å²) in [6.07, 6.45) is 1.75. The van der Waals surface area contributed by atoms with Crippen molar-refractivity contribution in [2.75, 3.05) is 13.7 Å². The van der Waals surface area contributed by atoms with Gasteiger partial charge in [-0.05, 0) is 37.6 Å². The average Bonchev–Trinajstić information content (AvgIpc) is 2.79. The predicted octanol–water partition coefficient (Wildman–Crippen LogP) is 2.17. The Kier molecular flexibility index (Phi) is 5.84. The number of rotatable bonds is 6. The topological polar surface area (TPSA) is 81.9 Å². The molecule has 128 valence electrons. The van der Waals surface area contributed by atoms with E-state index in [-0.39, 0.29) is 18.6 Å². The zero-order valence-corrected chi connectivity index (χ0v) is 15.2. The van der Waals surface area contributed by atoms with Gasteiger partial charge in [0.2, 0.25) is 0 Å². The normalized spacial score (nSPS) is 16.2.